The summed E-state index contributed by atoms with van der Waals surface area (Å²) >= 11 is 0. The Labute approximate surface area is 154 Å². The van der Waals surface area contributed by atoms with Crippen LogP contribution in [0.2, 0.25) is 0 Å². The topological polar surface area (TPSA) is 41.9 Å². The van der Waals surface area contributed by atoms with Crippen molar-refractivity contribution >= 4 is 0 Å². The summed E-state index contributed by atoms with van der Waals surface area (Å²) in [5.74, 6) is 0.571. The minimum atomic E-state index is -0.866. The molecule has 0 bridgehead atoms. The van der Waals surface area contributed by atoms with Crippen LogP contribution < -0.4 is 4.74 Å². The van der Waals surface area contributed by atoms with Crippen LogP contribution >= 0.6 is 0 Å². The summed E-state index contributed by atoms with van der Waals surface area (Å²) in [6.45, 7) is 3.51. The Hall–Kier alpha value is -1.95. The molecule has 26 heavy (non-hydrogen) atoms. The molecule has 1 N–H and O–H groups in total. The fraction of sp³-hybridized carbons (Fsp3) is 0.429. The summed E-state index contributed by atoms with van der Waals surface area (Å²) in [7, 11) is 1.66. The smallest absolute Gasteiger partial charge is 0.123 e. The molecule has 0 aliphatic carbocycles. The molecule has 1 aliphatic heterocycles. The molecule has 5 heteroatoms. The number of nitrogens with zero attached hydrogens (tertiary/aromatic N) is 1. The van der Waals surface area contributed by atoms with Gasteiger partial charge in [0.15, 0.2) is 0 Å². The molecular formula is C21H26FNO3. The van der Waals surface area contributed by atoms with Crippen LogP contribution in [0.1, 0.15) is 24.0 Å². The summed E-state index contributed by atoms with van der Waals surface area (Å²) in [6, 6.07) is 14.3. The van der Waals surface area contributed by atoms with E-state index < -0.39 is 5.60 Å². The first-order chi connectivity index (χ1) is 12.6. The Bertz CT molecular complexity index is 697. The molecule has 3 rings (SSSR count). The van der Waals surface area contributed by atoms with E-state index in [1.165, 1.54) is 17.7 Å². The normalized spacial score (nSPS) is 17.2. The van der Waals surface area contributed by atoms with Crippen molar-refractivity contribution in [2.45, 2.75) is 25.0 Å². The number of hydrogen-bond acceptors (Lipinski definition) is 4. The largest absolute Gasteiger partial charge is 0.491 e. The van der Waals surface area contributed by atoms with Crippen LogP contribution in [0.3, 0.4) is 0 Å². The molecule has 0 radical (unpaired) electrons. The van der Waals surface area contributed by atoms with Gasteiger partial charge in [-0.15, -0.1) is 0 Å². The number of hydrogen-bond donors (Lipinski definition) is 1. The predicted molar refractivity (Wildman–Crippen MR) is 98.6 cm³/mol. The van der Waals surface area contributed by atoms with E-state index in [-0.39, 0.29) is 5.82 Å². The van der Waals surface area contributed by atoms with Gasteiger partial charge in [0.05, 0.1) is 12.2 Å². The zero-order valence-electron chi connectivity index (χ0n) is 15.2. The second kappa shape index (κ2) is 8.62. The maximum atomic E-state index is 13.1. The molecule has 0 saturated carbocycles. The van der Waals surface area contributed by atoms with Crippen LogP contribution in [-0.2, 0) is 16.9 Å². The zero-order valence-corrected chi connectivity index (χ0v) is 15.2. The number of methoxy groups -OCH3 is 1. The van der Waals surface area contributed by atoms with Crippen LogP contribution in [0.15, 0.2) is 48.5 Å². The molecule has 0 unspecified atom stereocenters. The maximum Gasteiger partial charge on any atom is 0.123 e. The second-order valence-electron chi connectivity index (χ2n) is 6.80. The summed E-state index contributed by atoms with van der Waals surface area (Å²) in [5, 5.41) is 10.9. The van der Waals surface area contributed by atoms with Gasteiger partial charge in [0.2, 0.25) is 0 Å². The van der Waals surface area contributed by atoms with Gasteiger partial charge in [-0.1, -0.05) is 24.3 Å². The first-order valence-corrected chi connectivity index (χ1v) is 9.00. The number of likely N-dealkylation sites (tertiary alicyclic amines) is 1. The third kappa shape index (κ3) is 4.81. The molecule has 4 nitrogen and oxygen atoms in total. The van der Waals surface area contributed by atoms with E-state index in [0.717, 1.165) is 30.9 Å². The first kappa shape index (κ1) is 18.8. The zero-order chi connectivity index (χ0) is 18.4. The second-order valence-corrected chi connectivity index (χ2v) is 6.80. The third-order valence-corrected chi connectivity index (χ3v) is 4.93. The van der Waals surface area contributed by atoms with Crippen molar-refractivity contribution in [3.63, 3.8) is 0 Å². The number of piperidine rings is 1. The Morgan fingerprint density at radius 1 is 1.08 bits per heavy atom. The number of rotatable bonds is 7. The Balaban J connectivity index is 1.55. The summed E-state index contributed by atoms with van der Waals surface area (Å²) in [6.07, 6.45) is 1.28. The monoisotopic (exact) mass is 359 g/mol. The lowest BCUT2D eigenvalue weighted by atomic mass is 9.84. The number of aliphatic hydroxyl groups is 1. The van der Waals surface area contributed by atoms with Gasteiger partial charge in [-0.25, -0.2) is 4.39 Å². The van der Waals surface area contributed by atoms with Crippen LogP contribution in [-0.4, -0.2) is 43.4 Å². The lowest BCUT2D eigenvalue weighted by Gasteiger charge is -2.38. The van der Waals surface area contributed by atoms with E-state index in [4.69, 9.17) is 9.47 Å². The van der Waals surface area contributed by atoms with Gasteiger partial charge in [-0.05, 0) is 48.2 Å². The van der Waals surface area contributed by atoms with E-state index in [2.05, 4.69) is 17.0 Å². The number of ether oxygens (including phenoxy) is 2. The number of benzene rings is 2. The van der Waals surface area contributed by atoms with Crippen molar-refractivity contribution in [2.75, 3.05) is 33.4 Å². The molecule has 0 atom stereocenters. The fourth-order valence-electron chi connectivity index (χ4n) is 3.36. The molecule has 1 fully saturated rings. The van der Waals surface area contributed by atoms with Crippen molar-refractivity contribution in [3.05, 3.63) is 65.5 Å². The summed E-state index contributed by atoms with van der Waals surface area (Å²) in [5.41, 5.74) is 1.12. The van der Waals surface area contributed by atoms with Gasteiger partial charge in [0.1, 0.15) is 18.2 Å². The Morgan fingerprint density at radius 3 is 2.50 bits per heavy atom. The SMILES string of the molecule is COCCOc1cccc(CN2CCC(O)(c3ccc(F)cc3)CC2)c1. The fourth-order valence-corrected chi connectivity index (χ4v) is 3.36. The van der Waals surface area contributed by atoms with E-state index in [1.54, 1.807) is 19.2 Å². The molecule has 1 saturated heterocycles. The lowest BCUT2D eigenvalue weighted by Crippen LogP contribution is -2.42. The Kier molecular flexibility index (Phi) is 6.25. The lowest BCUT2D eigenvalue weighted by molar-refractivity contribution is -0.0277. The highest BCUT2D eigenvalue weighted by atomic mass is 19.1. The molecule has 0 aromatic heterocycles. The van der Waals surface area contributed by atoms with Gasteiger partial charge in [-0.2, -0.15) is 0 Å². The van der Waals surface area contributed by atoms with Gasteiger partial charge in [-0.3, -0.25) is 4.90 Å². The van der Waals surface area contributed by atoms with E-state index in [9.17, 15) is 9.50 Å². The minimum absolute atomic E-state index is 0.276. The van der Waals surface area contributed by atoms with Gasteiger partial charge >= 0.3 is 0 Å². The highest BCUT2D eigenvalue weighted by Gasteiger charge is 2.33. The first-order valence-electron chi connectivity index (χ1n) is 9.00. The molecule has 0 spiro atoms. The summed E-state index contributed by atoms with van der Waals surface area (Å²) in [4.78, 5) is 2.33. The molecule has 1 heterocycles. The molecule has 0 amide bonds. The molecule has 140 valence electrons. The molecule has 2 aromatic carbocycles. The predicted octanol–water partition coefficient (Wildman–Crippen LogP) is 3.33. The van der Waals surface area contributed by atoms with E-state index >= 15 is 0 Å². The van der Waals surface area contributed by atoms with Crippen molar-refractivity contribution < 1.29 is 19.0 Å². The van der Waals surface area contributed by atoms with E-state index in [0.29, 0.717) is 26.1 Å². The number of halogens is 1. The van der Waals surface area contributed by atoms with Crippen LogP contribution in [0, 0.1) is 5.82 Å². The molecular weight excluding hydrogens is 333 g/mol. The van der Waals surface area contributed by atoms with Crippen molar-refractivity contribution in [2.24, 2.45) is 0 Å². The van der Waals surface area contributed by atoms with Crippen molar-refractivity contribution in [1.29, 1.82) is 0 Å². The van der Waals surface area contributed by atoms with Crippen LogP contribution in [0.4, 0.5) is 4.39 Å². The van der Waals surface area contributed by atoms with Crippen molar-refractivity contribution in [1.82, 2.24) is 4.90 Å². The maximum absolute atomic E-state index is 13.1. The van der Waals surface area contributed by atoms with Gasteiger partial charge < -0.3 is 14.6 Å². The van der Waals surface area contributed by atoms with E-state index in [1.807, 2.05) is 12.1 Å². The highest BCUT2D eigenvalue weighted by Crippen LogP contribution is 2.33. The van der Waals surface area contributed by atoms with Gasteiger partial charge in [0.25, 0.3) is 0 Å². The summed E-state index contributed by atoms with van der Waals surface area (Å²) < 4.78 is 23.8. The molecule has 2 aromatic rings. The average molecular weight is 359 g/mol. The Morgan fingerprint density at radius 2 is 1.81 bits per heavy atom. The third-order valence-electron chi connectivity index (χ3n) is 4.93. The van der Waals surface area contributed by atoms with Crippen LogP contribution in [0.25, 0.3) is 0 Å². The standard InChI is InChI=1S/C21H26FNO3/c1-25-13-14-26-20-4-2-3-17(15-20)16-23-11-9-21(24,10-12-23)18-5-7-19(22)8-6-18/h2-8,15,24H,9-14,16H2,1H3. The highest BCUT2D eigenvalue weighted by molar-refractivity contribution is 5.29. The van der Waals surface area contributed by atoms with Crippen molar-refractivity contribution in [3.8, 4) is 5.75 Å². The van der Waals surface area contributed by atoms with Crippen LogP contribution in [0.5, 0.6) is 5.75 Å². The quantitative estimate of drug-likeness (QED) is 0.770. The van der Waals surface area contributed by atoms with Gasteiger partial charge in [0, 0.05) is 26.7 Å². The molecule has 1 aliphatic rings. The average Bonchev–Trinajstić information content (AvgIpc) is 2.65. The minimum Gasteiger partial charge on any atom is -0.491 e.